The smallest absolute Gasteiger partial charge is 0.283 e. The second kappa shape index (κ2) is 6.92. The number of aliphatic imine (C=N–C) groups is 1. The molecule has 1 amide bonds. The highest BCUT2D eigenvalue weighted by Gasteiger charge is 2.35. The van der Waals surface area contributed by atoms with Gasteiger partial charge in [-0.25, -0.2) is 0 Å². The zero-order valence-electron chi connectivity index (χ0n) is 13.4. The number of carbonyl (C=O) groups excluding carboxylic acids is 1. The van der Waals surface area contributed by atoms with Gasteiger partial charge < -0.3 is 9.64 Å². The van der Waals surface area contributed by atoms with Crippen molar-refractivity contribution in [3.63, 3.8) is 0 Å². The van der Waals surface area contributed by atoms with Crippen LogP contribution < -0.4 is 4.74 Å². The van der Waals surface area contributed by atoms with Gasteiger partial charge in [-0.2, -0.15) is 4.99 Å². The van der Waals surface area contributed by atoms with Gasteiger partial charge in [0.2, 0.25) is 0 Å². The first-order valence-corrected chi connectivity index (χ1v) is 8.46. The highest BCUT2D eigenvalue weighted by molar-refractivity contribution is 8.15. The molecule has 1 aromatic rings. The third-order valence-corrected chi connectivity index (χ3v) is 4.74. The quantitative estimate of drug-likeness (QED) is 0.828. The molecule has 0 spiro atoms. The Labute approximate surface area is 140 Å². The van der Waals surface area contributed by atoms with Gasteiger partial charge in [0.05, 0.1) is 12.7 Å². The molecule has 2 rings (SSSR count). The number of nitrogens with zero attached hydrogens (tertiary/aromatic N) is 2. The molecule has 1 heterocycles. The van der Waals surface area contributed by atoms with Crippen molar-refractivity contribution >= 4 is 34.4 Å². The number of halogens is 1. The van der Waals surface area contributed by atoms with Crippen molar-refractivity contribution in [1.29, 1.82) is 0 Å². The van der Waals surface area contributed by atoms with E-state index in [1.165, 1.54) is 7.11 Å². The summed E-state index contributed by atoms with van der Waals surface area (Å²) in [5, 5.41) is 1.27. The van der Waals surface area contributed by atoms with Crippen molar-refractivity contribution < 1.29 is 9.53 Å². The van der Waals surface area contributed by atoms with Crippen molar-refractivity contribution in [3.8, 4) is 5.75 Å². The van der Waals surface area contributed by atoms with E-state index in [9.17, 15) is 4.79 Å². The van der Waals surface area contributed by atoms with Crippen molar-refractivity contribution in [2.75, 3.05) is 20.2 Å². The molecule has 120 valence electrons. The Balaban J connectivity index is 2.31. The summed E-state index contributed by atoms with van der Waals surface area (Å²) >= 11 is 7.62. The predicted molar refractivity (Wildman–Crippen MR) is 93.3 cm³/mol. The van der Waals surface area contributed by atoms with Gasteiger partial charge in [-0.1, -0.05) is 30.3 Å². The molecule has 1 aliphatic rings. The van der Waals surface area contributed by atoms with Gasteiger partial charge in [-0.15, -0.1) is 0 Å². The van der Waals surface area contributed by atoms with Crippen LogP contribution in [0.4, 0.5) is 0 Å². The molecule has 6 heteroatoms. The topological polar surface area (TPSA) is 41.9 Å². The fourth-order valence-corrected chi connectivity index (χ4v) is 3.70. The number of amides is 1. The van der Waals surface area contributed by atoms with E-state index in [1.807, 2.05) is 0 Å². The zero-order chi connectivity index (χ0) is 16.3. The maximum atomic E-state index is 12.5. The fourth-order valence-electron chi connectivity index (χ4n) is 2.40. The molecule has 1 aliphatic heterocycles. The summed E-state index contributed by atoms with van der Waals surface area (Å²) in [6.45, 7) is 8.23. The van der Waals surface area contributed by atoms with Gasteiger partial charge in [-0.05, 0) is 38.5 Å². The van der Waals surface area contributed by atoms with Crippen LogP contribution in [0.25, 0.3) is 0 Å². The first-order valence-electron chi connectivity index (χ1n) is 7.27. The molecule has 22 heavy (non-hydrogen) atoms. The van der Waals surface area contributed by atoms with Crippen molar-refractivity contribution in [3.05, 3.63) is 28.8 Å². The molecular formula is C16H21ClN2O2S. The Morgan fingerprint density at radius 3 is 2.86 bits per heavy atom. The van der Waals surface area contributed by atoms with Crippen LogP contribution >= 0.6 is 23.4 Å². The van der Waals surface area contributed by atoms with Gasteiger partial charge in [0.25, 0.3) is 5.91 Å². The van der Waals surface area contributed by atoms with Crippen LogP contribution in [0.2, 0.25) is 5.02 Å². The SMILES string of the molecule is CCCN1CC(C)(C)SC1=NC(=O)c1cc(Cl)ccc1OC. The van der Waals surface area contributed by atoms with E-state index in [0.29, 0.717) is 16.3 Å². The number of methoxy groups -OCH3 is 1. The molecule has 1 saturated heterocycles. The fraction of sp³-hybridized carbons (Fsp3) is 0.500. The van der Waals surface area contributed by atoms with Crippen molar-refractivity contribution in [2.45, 2.75) is 31.9 Å². The molecule has 0 saturated carbocycles. The van der Waals surface area contributed by atoms with E-state index >= 15 is 0 Å². The minimum absolute atomic E-state index is 0.0622. The highest BCUT2D eigenvalue weighted by atomic mass is 35.5. The van der Waals surface area contributed by atoms with Crippen LogP contribution in [0.5, 0.6) is 5.75 Å². The molecule has 0 aliphatic carbocycles. The number of thioether (sulfide) groups is 1. The van der Waals surface area contributed by atoms with E-state index < -0.39 is 0 Å². The number of rotatable bonds is 4. The maximum Gasteiger partial charge on any atom is 0.283 e. The van der Waals surface area contributed by atoms with Gasteiger partial charge in [0.15, 0.2) is 5.17 Å². The number of hydrogen-bond acceptors (Lipinski definition) is 3. The average Bonchev–Trinajstić information content (AvgIpc) is 2.73. The molecule has 0 unspecified atom stereocenters. The molecule has 0 radical (unpaired) electrons. The minimum Gasteiger partial charge on any atom is -0.496 e. The summed E-state index contributed by atoms with van der Waals surface area (Å²) in [7, 11) is 1.53. The Hall–Kier alpha value is -1.20. The summed E-state index contributed by atoms with van der Waals surface area (Å²) in [5.74, 6) is 0.170. The van der Waals surface area contributed by atoms with Crippen LogP contribution in [-0.4, -0.2) is 40.9 Å². The van der Waals surface area contributed by atoms with Crippen LogP contribution in [-0.2, 0) is 0 Å². The predicted octanol–water partition coefficient (Wildman–Crippen LogP) is 4.08. The third-order valence-electron chi connectivity index (χ3n) is 3.29. The van der Waals surface area contributed by atoms with E-state index in [1.54, 1.807) is 30.0 Å². The number of benzene rings is 1. The largest absolute Gasteiger partial charge is 0.496 e. The maximum absolute atomic E-state index is 12.5. The molecule has 4 nitrogen and oxygen atoms in total. The third kappa shape index (κ3) is 3.96. The molecule has 0 bridgehead atoms. The van der Waals surface area contributed by atoms with Gasteiger partial charge in [0.1, 0.15) is 5.75 Å². The van der Waals surface area contributed by atoms with Crippen LogP contribution in [0, 0.1) is 0 Å². The standard InChI is InChI=1S/C16H21ClN2O2S/c1-5-8-19-10-16(2,3)22-15(19)18-14(20)12-9-11(17)6-7-13(12)21-4/h6-7,9H,5,8,10H2,1-4H3. The normalized spacial score (nSPS) is 18.8. The molecule has 0 atom stereocenters. The first kappa shape index (κ1) is 17.2. The molecule has 0 aromatic heterocycles. The monoisotopic (exact) mass is 340 g/mol. The lowest BCUT2D eigenvalue weighted by molar-refractivity contribution is 0.0999. The Kier molecular flexibility index (Phi) is 5.40. The molecular weight excluding hydrogens is 320 g/mol. The van der Waals surface area contributed by atoms with Gasteiger partial charge in [-0.3, -0.25) is 4.79 Å². The summed E-state index contributed by atoms with van der Waals surface area (Å²) in [5.41, 5.74) is 0.393. The molecule has 0 N–H and O–H groups in total. The van der Waals surface area contributed by atoms with Crippen LogP contribution in [0.1, 0.15) is 37.6 Å². The van der Waals surface area contributed by atoms with Gasteiger partial charge >= 0.3 is 0 Å². The second-order valence-corrected chi connectivity index (χ2v) is 7.94. The Morgan fingerprint density at radius 2 is 2.23 bits per heavy atom. The number of ether oxygens (including phenoxy) is 1. The zero-order valence-corrected chi connectivity index (χ0v) is 14.9. The van der Waals surface area contributed by atoms with Crippen LogP contribution in [0.3, 0.4) is 0 Å². The highest BCUT2D eigenvalue weighted by Crippen LogP contribution is 2.36. The molecule has 1 fully saturated rings. The second-order valence-electron chi connectivity index (χ2n) is 5.83. The summed E-state index contributed by atoms with van der Waals surface area (Å²) in [6, 6.07) is 4.98. The summed E-state index contributed by atoms with van der Waals surface area (Å²) in [6.07, 6.45) is 1.02. The summed E-state index contributed by atoms with van der Waals surface area (Å²) in [4.78, 5) is 19.0. The Morgan fingerprint density at radius 1 is 1.50 bits per heavy atom. The van der Waals surface area contributed by atoms with E-state index in [-0.39, 0.29) is 10.7 Å². The van der Waals surface area contributed by atoms with Crippen molar-refractivity contribution in [1.82, 2.24) is 4.90 Å². The number of carbonyl (C=O) groups is 1. The van der Waals surface area contributed by atoms with Gasteiger partial charge in [0, 0.05) is 22.9 Å². The van der Waals surface area contributed by atoms with Crippen molar-refractivity contribution in [2.24, 2.45) is 4.99 Å². The van der Waals surface area contributed by atoms with Crippen LogP contribution in [0.15, 0.2) is 23.2 Å². The number of hydrogen-bond donors (Lipinski definition) is 0. The Bertz CT molecular complexity index is 602. The lowest BCUT2D eigenvalue weighted by Gasteiger charge is -2.18. The summed E-state index contributed by atoms with van der Waals surface area (Å²) < 4.78 is 5.29. The lowest BCUT2D eigenvalue weighted by atomic mass is 10.2. The number of amidine groups is 1. The van der Waals surface area contributed by atoms with E-state index in [4.69, 9.17) is 16.3 Å². The van der Waals surface area contributed by atoms with E-state index in [2.05, 4.69) is 30.7 Å². The average molecular weight is 341 g/mol. The lowest BCUT2D eigenvalue weighted by Crippen LogP contribution is -2.29. The van der Waals surface area contributed by atoms with E-state index in [0.717, 1.165) is 24.7 Å². The molecule has 1 aromatic carbocycles. The minimum atomic E-state index is -0.319. The first-order chi connectivity index (χ1) is 10.4.